The van der Waals surface area contributed by atoms with Crippen molar-refractivity contribution in [2.75, 3.05) is 36.9 Å². The van der Waals surface area contributed by atoms with E-state index in [1.165, 1.54) is 4.31 Å². The molecular formula is C17H22F3N3O6S. The molecule has 9 nitrogen and oxygen atoms in total. The molecule has 1 amide bonds. The van der Waals surface area contributed by atoms with Crippen molar-refractivity contribution in [1.82, 2.24) is 9.29 Å². The van der Waals surface area contributed by atoms with Crippen LogP contribution in [-0.2, 0) is 24.3 Å². The number of pyridine rings is 1. The summed E-state index contributed by atoms with van der Waals surface area (Å²) >= 11 is 0. The van der Waals surface area contributed by atoms with Gasteiger partial charge in [-0.1, -0.05) is 0 Å². The molecule has 2 aliphatic rings. The maximum Gasteiger partial charge on any atom is 0.490 e. The molecule has 0 bridgehead atoms. The largest absolute Gasteiger partial charge is 0.490 e. The predicted molar refractivity (Wildman–Crippen MR) is 99.2 cm³/mol. The van der Waals surface area contributed by atoms with Crippen molar-refractivity contribution >= 4 is 27.6 Å². The summed E-state index contributed by atoms with van der Waals surface area (Å²) < 4.78 is 63.0. The number of piperidine rings is 1. The highest BCUT2D eigenvalue weighted by Gasteiger charge is 2.44. The second kappa shape index (κ2) is 9.27. The zero-order valence-electron chi connectivity index (χ0n) is 16.1. The number of aromatic nitrogens is 1. The fraction of sp³-hybridized carbons (Fsp3) is 0.588. The van der Waals surface area contributed by atoms with Gasteiger partial charge in [0.25, 0.3) is 5.91 Å². The molecule has 1 N–H and O–H groups in total. The van der Waals surface area contributed by atoms with E-state index in [4.69, 9.17) is 14.6 Å². The van der Waals surface area contributed by atoms with E-state index in [0.717, 1.165) is 5.69 Å². The first-order valence-electron chi connectivity index (χ1n) is 9.02. The molecule has 30 heavy (non-hydrogen) atoms. The van der Waals surface area contributed by atoms with E-state index in [9.17, 15) is 26.4 Å². The van der Waals surface area contributed by atoms with Crippen LogP contribution in [-0.4, -0.2) is 78.5 Å². The topological polar surface area (TPSA) is 117 Å². The average molecular weight is 453 g/mol. The zero-order valence-corrected chi connectivity index (χ0v) is 16.9. The minimum absolute atomic E-state index is 0.0232. The number of hydrogen-bond donors (Lipinski definition) is 1. The third kappa shape index (κ3) is 5.89. The monoisotopic (exact) mass is 453 g/mol. The smallest absolute Gasteiger partial charge is 0.475 e. The number of halogens is 3. The summed E-state index contributed by atoms with van der Waals surface area (Å²) in [6.07, 6.45) is -0.571. The van der Waals surface area contributed by atoms with Crippen LogP contribution in [0.15, 0.2) is 24.5 Å². The highest BCUT2D eigenvalue weighted by Crippen LogP contribution is 2.33. The number of carboxylic acids is 1. The van der Waals surface area contributed by atoms with Gasteiger partial charge in [-0.3, -0.25) is 9.78 Å². The Morgan fingerprint density at radius 1 is 1.33 bits per heavy atom. The lowest BCUT2D eigenvalue weighted by atomic mass is 9.90. The van der Waals surface area contributed by atoms with Crippen LogP contribution < -0.4 is 4.90 Å². The number of hydrogen-bond acceptors (Lipinski definition) is 6. The van der Waals surface area contributed by atoms with Gasteiger partial charge in [0.15, 0.2) is 0 Å². The van der Waals surface area contributed by atoms with Crippen molar-refractivity contribution in [3.8, 4) is 0 Å². The number of morpholine rings is 1. The van der Waals surface area contributed by atoms with E-state index in [-0.39, 0.29) is 18.3 Å². The van der Waals surface area contributed by atoms with E-state index < -0.39 is 27.8 Å². The van der Waals surface area contributed by atoms with Crippen LogP contribution in [0.25, 0.3) is 0 Å². The summed E-state index contributed by atoms with van der Waals surface area (Å²) in [5, 5.41) is 7.12. The number of ether oxygens (including phenoxy) is 1. The number of rotatable bonds is 3. The molecule has 0 radical (unpaired) electrons. The number of amides is 1. The Kier molecular flexibility index (Phi) is 7.42. The van der Waals surface area contributed by atoms with Crippen LogP contribution in [0.3, 0.4) is 0 Å². The molecule has 0 aromatic carbocycles. The molecule has 13 heteroatoms. The number of alkyl halides is 3. The average Bonchev–Trinajstić information content (AvgIpc) is 2.71. The predicted octanol–water partition coefficient (Wildman–Crippen LogP) is 1.26. The highest BCUT2D eigenvalue weighted by atomic mass is 32.2. The summed E-state index contributed by atoms with van der Waals surface area (Å²) in [7, 11) is -3.17. The van der Waals surface area contributed by atoms with Gasteiger partial charge >= 0.3 is 12.1 Å². The Morgan fingerprint density at radius 2 is 1.93 bits per heavy atom. The number of carbonyl (C=O) groups excluding carboxylic acids is 1. The summed E-state index contributed by atoms with van der Waals surface area (Å²) in [5.41, 5.74) is 0.285. The third-order valence-electron chi connectivity index (χ3n) is 4.84. The maximum atomic E-state index is 12.2. The van der Waals surface area contributed by atoms with Gasteiger partial charge in [-0.15, -0.1) is 0 Å². The van der Waals surface area contributed by atoms with Crippen LogP contribution >= 0.6 is 0 Å². The van der Waals surface area contributed by atoms with Crippen LogP contribution in [0.5, 0.6) is 0 Å². The Morgan fingerprint density at radius 3 is 2.40 bits per heavy atom. The third-order valence-corrected chi connectivity index (χ3v) is 6.72. The number of carbonyl (C=O) groups is 2. The Labute approximate surface area is 171 Å². The summed E-state index contributed by atoms with van der Waals surface area (Å²) in [6.45, 7) is 2.99. The molecule has 168 valence electrons. The SMILES string of the molecule is CCS(=O)(=O)N1CCC2(CC1)CN(c1cccnc1)C(=O)CO2.O=C(O)C(F)(F)F. The lowest BCUT2D eigenvalue weighted by molar-refractivity contribution is -0.192. The van der Waals surface area contributed by atoms with Crippen molar-refractivity contribution in [3.63, 3.8) is 0 Å². The fourth-order valence-corrected chi connectivity index (χ4v) is 4.22. The van der Waals surface area contributed by atoms with Gasteiger partial charge in [0, 0.05) is 19.3 Å². The van der Waals surface area contributed by atoms with Gasteiger partial charge in [0.1, 0.15) is 6.61 Å². The first-order chi connectivity index (χ1) is 13.9. The summed E-state index contributed by atoms with van der Waals surface area (Å²) in [4.78, 5) is 26.8. The molecule has 2 saturated heterocycles. The number of carboxylic acid groups (broad SMARTS) is 1. The molecule has 0 aliphatic carbocycles. The minimum atomic E-state index is -5.08. The van der Waals surface area contributed by atoms with Crippen molar-refractivity contribution in [3.05, 3.63) is 24.5 Å². The van der Waals surface area contributed by atoms with Crippen molar-refractivity contribution in [2.45, 2.75) is 31.5 Å². The normalized spacial score (nSPS) is 19.9. The summed E-state index contributed by atoms with van der Waals surface area (Å²) in [6, 6.07) is 3.64. The molecule has 0 saturated carbocycles. The summed E-state index contributed by atoms with van der Waals surface area (Å²) in [5.74, 6) is -2.74. The molecular weight excluding hydrogens is 431 g/mol. The minimum Gasteiger partial charge on any atom is -0.475 e. The van der Waals surface area contributed by atoms with Crippen molar-refractivity contribution < 1.29 is 41.0 Å². The lowest BCUT2D eigenvalue weighted by Gasteiger charge is -2.46. The standard InChI is InChI=1S/C15H21N3O4S.C2HF3O2/c1-2-23(20,21)17-8-5-15(6-9-17)12-18(14(19)11-22-15)13-4-3-7-16-10-13;3-2(4,5)1(6)7/h3-4,7,10H,2,5-6,8-9,11-12H2,1H3;(H,6,7). The van der Waals surface area contributed by atoms with E-state index in [1.807, 2.05) is 6.07 Å². The molecule has 3 rings (SSSR count). The van der Waals surface area contributed by atoms with Gasteiger partial charge in [-0.05, 0) is 31.9 Å². The van der Waals surface area contributed by atoms with Crippen LogP contribution in [0, 0.1) is 0 Å². The first-order valence-corrected chi connectivity index (χ1v) is 10.6. The number of anilines is 1. The van der Waals surface area contributed by atoms with Gasteiger partial charge in [-0.2, -0.15) is 13.2 Å². The molecule has 3 heterocycles. The van der Waals surface area contributed by atoms with E-state index >= 15 is 0 Å². The quantitative estimate of drug-likeness (QED) is 0.732. The van der Waals surface area contributed by atoms with Crippen LogP contribution in [0.1, 0.15) is 19.8 Å². The zero-order chi connectivity index (χ0) is 22.6. The van der Waals surface area contributed by atoms with Crippen LogP contribution in [0.2, 0.25) is 0 Å². The van der Waals surface area contributed by atoms with E-state index in [0.29, 0.717) is 32.5 Å². The highest BCUT2D eigenvalue weighted by molar-refractivity contribution is 7.89. The number of nitrogens with zero attached hydrogens (tertiary/aromatic N) is 3. The maximum absolute atomic E-state index is 12.2. The molecule has 1 aromatic rings. The fourth-order valence-electron chi connectivity index (χ4n) is 3.12. The van der Waals surface area contributed by atoms with Crippen molar-refractivity contribution in [2.24, 2.45) is 0 Å². The molecule has 1 spiro atoms. The Bertz CT molecular complexity index is 855. The number of sulfonamides is 1. The molecule has 0 unspecified atom stereocenters. The second-order valence-corrected chi connectivity index (χ2v) is 9.02. The molecule has 0 atom stereocenters. The van der Waals surface area contributed by atoms with E-state index in [2.05, 4.69) is 4.98 Å². The Balaban J connectivity index is 0.000000396. The Hall–Kier alpha value is -2.25. The first kappa shape index (κ1) is 24.0. The van der Waals surface area contributed by atoms with Gasteiger partial charge in [0.05, 0.1) is 29.8 Å². The van der Waals surface area contributed by atoms with Gasteiger partial charge in [0.2, 0.25) is 10.0 Å². The van der Waals surface area contributed by atoms with E-state index in [1.54, 1.807) is 30.3 Å². The lowest BCUT2D eigenvalue weighted by Crippen LogP contribution is -2.59. The van der Waals surface area contributed by atoms with Gasteiger partial charge < -0.3 is 14.7 Å². The van der Waals surface area contributed by atoms with Crippen molar-refractivity contribution in [1.29, 1.82) is 0 Å². The second-order valence-electron chi connectivity index (χ2n) is 6.77. The number of aliphatic carboxylic acids is 1. The molecule has 2 aliphatic heterocycles. The molecule has 1 aromatic heterocycles. The van der Waals surface area contributed by atoms with Crippen LogP contribution in [0.4, 0.5) is 18.9 Å². The molecule has 2 fully saturated rings. The van der Waals surface area contributed by atoms with Gasteiger partial charge in [-0.25, -0.2) is 17.5 Å².